The van der Waals surface area contributed by atoms with Gasteiger partial charge in [-0.25, -0.2) is 0 Å². The van der Waals surface area contributed by atoms with Gasteiger partial charge in [-0.2, -0.15) is 0 Å². The zero-order valence-electron chi connectivity index (χ0n) is 10.9. The molecule has 104 valence electrons. The average Bonchev–Trinajstić information content (AvgIpc) is 2.38. The maximum Gasteiger partial charge on any atom is 0.251 e. The molecule has 0 radical (unpaired) electrons. The zero-order valence-corrected chi connectivity index (χ0v) is 12.5. The molecule has 1 aliphatic heterocycles. The Kier molecular flexibility index (Phi) is 4.82. The van der Waals surface area contributed by atoms with Crippen molar-refractivity contribution in [3.8, 4) is 0 Å². The molecule has 19 heavy (non-hydrogen) atoms. The molecule has 1 saturated heterocycles. The Hall–Kier alpha value is -1.07. The maximum absolute atomic E-state index is 11.6. The van der Waals surface area contributed by atoms with E-state index in [0.717, 1.165) is 42.6 Å². The number of carbonyl (C=O) groups is 1. The highest BCUT2D eigenvalue weighted by Crippen LogP contribution is 2.31. The summed E-state index contributed by atoms with van der Waals surface area (Å²) in [6.45, 7) is 2.64. The first-order chi connectivity index (χ1) is 9.13. The summed E-state index contributed by atoms with van der Waals surface area (Å²) in [6, 6.07) is 5.76. The largest absolute Gasteiger partial charge is 0.371 e. The number of primary amides is 1. The molecule has 0 bridgehead atoms. The van der Waals surface area contributed by atoms with Gasteiger partial charge in [-0.05, 0) is 59.8 Å². The molecule has 5 heteroatoms. The molecule has 1 aliphatic rings. The number of nitrogens with two attached hydrogens (primary N) is 2. The van der Waals surface area contributed by atoms with Crippen LogP contribution in [0.1, 0.15) is 29.6 Å². The molecule has 4 nitrogen and oxygen atoms in total. The Labute approximate surface area is 122 Å². The minimum Gasteiger partial charge on any atom is -0.371 e. The van der Waals surface area contributed by atoms with Crippen molar-refractivity contribution >= 4 is 27.5 Å². The van der Waals surface area contributed by atoms with Gasteiger partial charge < -0.3 is 16.4 Å². The van der Waals surface area contributed by atoms with E-state index in [1.807, 2.05) is 18.2 Å². The van der Waals surface area contributed by atoms with Gasteiger partial charge in [-0.1, -0.05) is 6.07 Å². The fourth-order valence-electron chi connectivity index (χ4n) is 2.78. The average molecular weight is 326 g/mol. The second kappa shape index (κ2) is 6.39. The van der Waals surface area contributed by atoms with Crippen molar-refractivity contribution < 1.29 is 4.79 Å². The third kappa shape index (κ3) is 3.28. The van der Waals surface area contributed by atoms with E-state index < -0.39 is 0 Å². The van der Waals surface area contributed by atoms with Gasteiger partial charge in [0.2, 0.25) is 0 Å². The lowest BCUT2D eigenvalue weighted by molar-refractivity contribution is 0.1000. The summed E-state index contributed by atoms with van der Waals surface area (Å²) in [4.78, 5) is 13.9. The number of anilines is 1. The fourth-order valence-corrected chi connectivity index (χ4v) is 3.33. The van der Waals surface area contributed by atoms with E-state index in [1.54, 1.807) is 0 Å². The lowest BCUT2D eigenvalue weighted by Gasteiger charge is -2.35. The van der Waals surface area contributed by atoms with Crippen LogP contribution in [0, 0.1) is 5.92 Å². The molecule has 1 aromatic rings. The highest BCUT2D eigenvalue weighted by Gasteiger charge is 2.23. The molecular weight excluding hydrogens is 306 g/mol. The minimum absolute atomic E-state index is 0.386. The van der Waals surface area contributed by atoms with Crippen molar-refractivity contribution in [1.82, 2.24) is 0 Å². The molecule has 4 N–H and O–H groups in total. The van der Waals surface area contributed by atoms with Crippen molar-refractivity contribution in [2.45, 2.75) is 19.3 Å². The summed E-state index contributed by atoms with van der Waals surface area (Å²) in [5.74, 6) is 0.224. The number of hydrogen-bond donors (Lipinski definition) is 2. The van der Waals surface area contributed by atoms with Crippen LogP contribution in [0.2, 0.25) is 0 Å². The van der Waals surface area contributed by atoms with Crippen molar-refractivity contribution in [3.63, 3.8) is 0 Å². The van der Waals surface area contributed by atoms with Gasteiger partial charge >= 0.3 is 0 Å². The SMILES string of the molecule is NCCC1CCCN(c2cccc(Br)c2C(N)=O)C1. The Bertz CT molecular complexity index is 462. The molecule has 2 rings (SSSR count). The van der Waals surface area contributed by atoms with Crippen molar-refractivity contribution in [3.05, 3.63) is 28.2 Å². The number of piperidine rings is 1. The normalized spacial score (nSPS) is 19.5. The fraction of sp³-hybridized carbons (Fsp3) is 0.500. The molecule has 1 unspecified atom stereocenters. The monoisotopic (exact) mass is 325 g/mol. The van der Waals surface area contributed by atoms with Crippen LogP contribution in [0.4, 0.5) is 5.69 Å². The van der Waals surface area contributed by atoms with Crippen molar-refractivity contribution in [1.29, 1.82) is 0 Å². The molecule has 1 aromatic carbocycles. The molecule has 0 saturated carbocycles. The predicted molar refractivity (Wildman–Crippen MR) is 81.3 cm³/mol. The van der Waals surface area contributed by atoms with Crippen molar-refractivity contribution in [2.75, 3.05) is 24.5 Å². The summed E-state index contributed by atoms with van der Waals surface area (Å²) in [5.41, 5.74) is 12.7. The first-order valence-electron chi connectivity index (χ1n) is 6.66. The Morgan fingerprint density at radius 1 is 1.47 bits per heavy atom. The van der Waals surface area contributed by atoms with E-state index >= 15 is 0 Å². The van der Waals surface area contributed by atoms with Gasteiger partial charge in [0, 0.05) is 17.6 Å². The number of nitrogens with zero attached hydrogens (tertiary/aromatic N) is 1. The van der Waals surface area contributed by atoms with E-state index in [1.165, 1.54) is 6.42 Å². The van der Waals surface area contributed by atoms with Gasteiger partial charge in [0.1, 0.15) is 0 Å². The smallest absolute Gasteiger partial charge is 0.251 e. The van der Waals surface area contributed by atoms with Gasteiger partial charge in [0.05, 0.1) is 11.3 Å². The predicted octanol–water partition coefficient (Wildman–Crippen LogP) is 2.11. The number of halogens is 1. The quantitative estimate of drug-likeness (QED) is 0.890. The number of amides is 1. The standard InChI is InChI=1S/C14H20BrN3O/c15-11-4-1-5-12(13(11)14(17)19)18-8-2-3-10(9-18)6-7-16/h1,4-5,10H,2-3,6-9,16H2,(H2,17,19). The Morgan fingerprint density at radius 3 is 2.95 bits per heavy atom. The highest BCUT2D eigenvalue weighted by molar-refractivity contribution is 9.10. The molecule has 0 spiro atoms. The van der Waals surface area contributed by atoms with Crippen LogP contribution in [0.3, 0.4) is 0 Å². The summed E-state index contributed by atoms with van der Waals surface area (Å²) in [6.07, 6.45) is 3.39. The maximum atomic E-state index is 11.6. The lowest BCUT2D eigenvalue weighted by Crippen LogP contribution is -2.37. The van der Waals surface area contributed by atoms with Crippen LogP contribution in [0.25, 0.3) is 0 Å². The minimum atomic E-state index is -0.386. The van der Waals surface area contributed by atoms with Crippen LogP contribution in [-0.4, -0.2) is 25.5 Å². The van der Waals surface area contributed by atoms with Gasteiger partial charge in [0.25, 0.3) is 5.91 Å². The van der Waals surface area contributed by atoms with E-state index in [0.29, 0.717) is 11.5 Å². The molecule has 1 fully saturated rings. The van der Waals surface area contributed by atoms with Crippen LogP contribution in [0.15, 0.2) is 22.7 Å². The van der Waals surface area contributed by atoms with Gasteiger partial charge in [0.15, 0.2) is 0 Å². The van der Waals surface area contributed by atoms with Crippen LogP contribution < -0.4 is 16.4 Å². The topological polar surface area (TPSA) is 72.3 Å². The van der Waals surface area contributed by atoms with E-state index in [-0.39, 0.29) is 5.91 Å². The zero-order chi connectivity index (χ0) is 13.8. The lowest BCUT2D eigenvalue weighted by atomic mass is 9.94. The number of rotatable bonds is 4. The third-order valence-corrected chi connectivity index (χ3v) is 4.33. The first-order valence-corrected chi connectivity index (χ1v) is 7.46. The van der Waals surface area contributed by atoms with Crippen LogP contribution >= 0.6 is 15.9 Å². The first kappa shape index (κ1) is 14.3. The molecular formula is C14H20BrN3O. The molecule has 0 aromatic heterocycles. The second-order valence-electron chi connectivity index (χ2n) is 5.03. The van der Waals surface area contributed by atoms with Crippen LogP contribution in [-0.2, 0) is 0 Å². The number of hydrogen-bond acceptors (Lipinski definition) is 3. The molecule has 1 atom stereocenters. The van der Waals surface area contributed by atoms with Crippen molar-refractivity contribution in [2.24, 2.45) is 17.4 Å². The molecule has 1 heterocycles. The molecule has 0 aliphatic carbocycles. The summed E-state index contributed by atoms with van der Waals surface area (Å²) < 4.78 is 0.762. The number of benzene rings is 1. The van der Waals surface area contributed by atoms with Crippen LogP contribution in [0.5, 0.6) is 0 Å². The summed E-state index contributed by atoms with van der Waals surface area (Å²) >= 11 is 3.41. The van der Waals surface area contributed by atoms with E-state index in [2.05, 4.69) is 20.8 Å². The van der Waals surface area contributed by atoms with E-state index in [9.17, 15) is 4.79 Å². The molecule has 1 amide bonds. The van der Waals surface area contributed by atoms with Gasteiger partial charge in [-0.15, -0.1) is 0 Å². The van der Waals surface area contributed by atoms with E-state index in [4.69, 9.17) is 11.5 Å². The summed E-state index contributed by atoms with van der Waals surface area (Å²) in [7, 11) is 0. The summed E-state index contributed by atoms with van der Waals surface area (Å²) in [5, 5.41) is 0. The highest BCUT2D eigenvalue weighted by atomic mass is 79.9. The second-order valence-corrected chi connectivity index (χ2v) is 5.88. The Balaban J connectivity index is 2.26. The van der Waals surface area contributed by atoms with Gasteiger partial charge in [-0.3, -0.25) is 4.79 Å². The number of carbonyl (C=O) groups excluding carboxylic acids is 1. The Morgan fingerprint density at radius 2 is 2.26 bits per heavy atom. The third-order valence-electron chi connectivity index (χ3n) is 3.67.